The van der Waals surface area contributed by atoms with Gasteiger partial charge in [-0.1, -0.05) is 77.8 Å². The highest BCUT2D eigenvalue weighted by atomic mass is 35.5. The zero-order chi connectivity index (χ0) is 26.1. The molecule has 0 unspecified atom stereocenters. The van der Waals surface area contributed by atoms with E-state index in [1.807, 2.05) is 77.8 Å². The lowest BCUT2D eigenvalue weighted by molar-refractivity contribution is -0.123. The summed E-state index contributed by atoms with van der Waals surface area (Å²) in [4.78, 5) is 45.5. The third-order valence-corrected chi connectivity index (χ3v) is 8.47. The molecule has 0 N–H and O–H groups in total. The van der Waals surface area contributed by atoms with E-state index >= 15 is 0 Å². The molecule has 5 nitrogen and oxygen atoms in total. The third kappa shape index (κ3) is 3.29. The molecule has 0 spiro atoms. The van der Waals surface area contributed by atoms with Gasteiger partial charge in [0.05, 0.1) is 28.6 Å². The summed E-state index contributed by atoms with van der Waals surface area (Å²) in [7, 11) is 0. The second kappa shape index (κ2) is 8.55. The van der Waals surface area contributed by atoms with Crippen molar-refractivity contribution in [3.05, 3.63) is 118 Å². The Kier molecular flexibility index (Phi) is 5.22. The van der Waals surface area contributed by atoms with E-state index in [9.17, 15) is 14.4 Å². The summed E-state index contributed by atoms with van der Waals surface area (Å²) >= 11 is 12.5. The molecule has 2 fully saturated rings. The largest absolute Gasteiger partial charge is 0.358 e. The Bertz CT molecular complexity index is 1710. The van der Waals surface area contributed by atoms with Gasteiger partial charge in [-0.05, 0) is 58.3 Å². The molecule has 7 rings (SSSR count). The Hall–Kier alpha value is -3.93. The van der Waals surface area contributed by atoms with Gasteiger partial charge in [0, 0.05) is 16.8 Å². The molecule has 3 aliphatic heterocycles. The standard InChI is InChI=1S/C31H20Cl2N2O3/c32-20-10-12-23(24(33)16-20)29(36)28-26-25(27-22-8-4-3-6-18(22)13-14-34(27)28)30(37)35(31(26)38)21-11-9-17-5-1-2-7-19(17)15-21/h1-16,25-28H/t25-,26+,27-,28-/m0/s1. The molecule has 0 saturated carbocycles. The number of hydrogen-bond donors (Lipinski definition) is 0. The van der Waals surface area contributed by atoms with Crippen LogP contribution in [-0.4, -0.2) is 28.5 Å². The quantitative estimate of drug-likeness (QED) is 0.219. The average molecular weight is 539 g/mol. The van der Waals surface area contributed by atoms with Gasteiger partial charge in [0.15, 0.2) is 5.78 Å². The molecule has 0 radical (unpaired) electrons. The lowest BCUT2D eigenvalue weighted by atomic mass is 9.83. The number of nitrogens with zero attached hydrogens (tertiary/aromatic N) is 2. The van der Waals surface area contributed by atoms with Gasteiger partial charge in [-0.25, -0.2) is 4.90 Å². The van der Waals surface area contributed by atoms with E-state index in [2.05, 4.69) is 0 Å². The summed E-state index contributed by atoms with van der Waals surface area (Å²) in [5.74, 6) is -2.57. The zero-order valence-electron chi connectivity index (χ0n) is 19.9. The summed E-state index contributed by atoms with van der Waals surface area (Å²) in [5.41, 5.74) is 2.67. The van der Waals surface area contributed by atoms with Gasteiger partial charge in [-0.3, -0.25) is 14.4 Å². The van der Waals surface area contributed by atoms with Gasteiger partial charge in [0.1, 0.15) is 6.04 Å². The van der Waals surface area contributed by atoms with E-state index in [-0.39, 0.29) is 28.2 Å². The Morgan fingerprint density at radius 2 is 1.50 bits per heavy atom. The number of amides is 2. The molecule has 3 heterocycles. The average Bonchev–Trinajstić information content (AvgIpc) is 3.40. The van der Waals surface area contributed by atoms with Gasteiger partial charge in [0.2, 0.25) is 11.8 Å². The van der Waals surface area contributed by atoms with Crippen LogP contribution in [0.2, 0.25) is 10.0 Å². The van der Waals surface area contributed by atoms with Crippen molar-refractivity contribution in [2.75, 3.05) is 4.90 Å². The summed E-state index contributed by atoms with van der Waals surface area (Å²) < 4.78 is 0. The van der Waals surface area contributed by atoms with E-state index in [1.54, 1.807) is 18.2 Å². The minimum atomic E-state index is -0.893. The van der Waals surface area contributed by atoms with Crippen LogP contribution in [0.3, 0.4) is 0 Å². The zero-order valence-corrected chi connectivity index (χ0v) is 21.4. The predicted molar refractivity (Wildman–Crippen MR) is 148 cm³/mol. The molecule has 0 aromatic heterocycles. The SMILES string of the molecule is O=C(c1ccc(Cl)cc1Cl)[C@@H]1[C@@H]2C(=O)N(c3ccc4ccccc4c3)C(=O)[C@@H]2[C@@H]2c3ccccc3C=CN12. The van der Waals surface area contributed by atoms with E-state index in [0.29, 0.717) is 10.7 Å². The maximum absolute atomic E-state index is 14.1. The number of carbonyl (C=O) groups is 3. The van der Waals surface area contributed by atoms with Crippen molar-refractivity contribution in [2.24, 2.45) is 11.8 Å². The highest BCUT2D eigenvalue weighted by Gasteiger charge is 2.64. The van der Waals surface area contributed by atoms with Gasteiger partial charge < -0.3 is 4.90 Å². The van der Waals surface area contributed by atoms with Crippen LogP contribution in [0.25, 0.3) is 16.8 Å². The second-order valence-electron chi connectivity index (χ2n) is 9.86. The molecule has 38 heavy (non-hydrogen) atoms. The number of carbonyl (C=O) groups excluding carboxylic acids is 3. The van der Waals surface area contributed by atoms with E-state index in [4.69, 9.17) is 23.2 Å². The van der Waals surface area contributed by atoms with Gasteiger partial charge in [-0.2, -0.15) is 0 Å². The van der Waals surface area contributed by atoms with Crippen LogP contribution in [0, 0.1) is 11.8 Å². The lowest BCUT2D eigenvalue weighted by Gasteiger charge is -2.35. The summed E-state index contributed by atoms with van der Waals surface area (Å²) in [6.07, 6.45) is 3.76. The molecule has 7 heteroatoms. The first-order valence-electron chi connectivity index (χ1n) is 12.3. The molecule has 4 aromatic carbocycles. The lowest BCUT2D eigenvalue weighted by Crippen LogP contribution is -2.44. The Morgan fingerprint density at radius 3 is 2.32 bits per heavy atom. The minimum absolute atomic E-state index is 0.215. The smallest absolute Gasteiger partial charge is 0.240 e. The van der Waals surface area contributed by atoms with Crippen LogP contribution in [0.5, 0.6) is 0 Å². The predicted octanol–water partition coefficient (Wildman–Crippen LogP) is 6.54. The molecule has 3 aliphatic rings. The van der Waals surface area contributed by atoms with Crippen LogP contribution >= 0.6 is 23.2 Å². The number of imide groups is 1. The van der Waals surface area contributed by atoms with Gasteiger partial charge >= 0.3 is 0 Å². The van der Waals surface area contributed by atoms with Crippen molar-refractivity contribution in [2.45, 2.75) is 12.1 Å². The molecular formula is C31H20Cl2N2O3. The minimum Gasteiger partial charge on any atom is -0.358 e. The molecular weight excluding hydrogens is 519 g/mol. The normalized spacial score (nSPS) is 23.5. The number of hydrogen-bond acceptors (Lipinski definition) is 4. The first-order chi connectivity index (χ1) is 18.4. The summed E-state index contributed by atoms with van der Waals surface area (Å²) in [5, 5.41) is 2.57. The van der Waals surface area contributed by atoms with Crippen molar-refractivity contribution >= 4 is 63.3 Å². The van der Waals surface area contributed by atoms with Gasteiger partial charge in [-0.15, -0.1) is 0 Å². The molecule has 2 saturated heterocycles. The monoisotopic (exact) mass is 538 g/mol. The molecule has 186 valence electrons. The molecule has 4 atom stereocenters. The summed E-state index contributed by atoms with van der Waals surface area (Å²) in [6, 6.07) is 24.5. The van der Waals surface area contributed by atoms with Crippen LogP contribution in [0.4, 0.5) is 5.69 Å². The fraction of sp³-hybridized carbons (Fsp3) is 0.129. The second-order valence-corrected chi connectivity index (χ2v) is 10.7. The number of ketones is 1. The summed E-state index contributed by atoms with van der Waals surface area (Å²) in [6.45, 7) is 0. The maximum atomic E-state index is 14.1. The Balaban J connectivity index is 1.38. The van der Waals surface area contributed by atoms with Crippen molar-refractivity contribution < 1.29 is 14.4 Å². The molecule has 0 aliphatic carbocycles. The van der Waals surface area contributed by atoms with E-state index in [1.165, 1.54) is 11.0 Å². The fourth-order valence-electron chi connectivity index (χ4n) is 6.28. The number of fused-ring (bicyclic) bond motifs is 6. The Labute approximate surface area is 228 Å². The number of Topliss-reactive ketones (excluding diaryl/α,β-unsaturated/α-hetero) is 1. The van der Waals surface area contributed by atoms with Crippen molar-refractivity contribution in [1.82, 2.24) is 4.90 Å². The first-order valence-corrected chi connectivity index (χ1v) is 13.1. The topological polar surface area (TPSA) is 57.7 Å². The third-order valence-electron chi connectivity index (χ3n) is 7.92. The van der Waals surface area contributed by atoms with E-state index in [0.717, 1.165) is 21.9 Å². The highest BCUT2D eigenvalue weighted by Crippen LogP contribution is 2.54. The number of anilines is 1. The molecule has 0 bridgehead atoms. The van der Waals surface area contributed by atoms with E-state index < -0.39 is 23.9 Å². The van der Waals surface area contributed by atoms with Crippen LogP contribution in [-0.2, 0) is 9.59 Å². The first kappa shape index (κ1) is 23.2. The van der Waals surface area contributed by atoms with Crippen molar-refractivity contribution in [3.63, 3.8) is 0 Å². The van der Waals surface area contributed by atoms with Crippen LogP contribution in [0.1, 0.15) is 27.5 Å². The highest BCUT2D eigenvalue weighted by molar-refractivity contribution is 6.37. The Morgan fingerprint density at radius 1 is 0.763 bits per heavy atom. The number of benzene rings is 4. The molecule has 4 aromatic rings. The van der Waals surface area contributed by atoms with Crippen molar-refractivity contribution in [3.8, 4) is 0 Å². The molecule has 2 amide bonds. The van der Waals surface area contributed by atoms with Crippen LogP contribution in [0.15, 0.2) is 91.1 Å². The fourth-order valence-corrected chi connectivity index (χ4v) is 6.78. The van der Waals surface area contributed by atoms with Gasteiger partial charge in [0.25, 0.3) is 0 Å². The maximum Gasteiger partial charge on any atom is 0.240 e. The van der Waals surface area contributed by atoms with Crippen molar-refractivity contribution in [1.29, 1.82) is 0 Å². The number of rotatable bonds is 3. The van der Waals surface area contributed by atoms with Crippen LogP contribution < -0.4 is 4.90 Å². The number of halogens is 2.